The van der Waals surface area contributed by atoms with Crippen LogP contribution < -0.4 is 11.1 Å². The number of carbonyl (C=O) groups excluding carboxylic acids is 1. The zero-order valence-corrected chi connectivity index (χ0v) is 9.22. The molecule has 0 atom stereocenters. The van der Waals surface area contributed by atoms with Crippen molar-refractivity contribution >= 4 is 5.91 Å². The molecule has 0 bridgehead atoms. The van der Waals surface area contributed by atoms with E-state index in [2.05, 4.69) is 11.2 Å². The van der Waals surface area contributed by atoms with Crippen LogP contribution in [0.1, 0.15) is 38.5 Å². The molecule has 0 heterocycles. The third kappa shape index (κ3) is 2.97. The fourth-order valence-corrected chi connectivity index (χ4v) is 1.87. The Kier molecular flexibility index (Phi) is 4.64. The number of terminal acetylenes is 1. The van der Waals surface area contributed by atoms with Crippen molar-refractivity contribution in [1.82, 2.24) is 5.32 Å². The number of amides is 1. The average molecular weight is 208 g/mol. The molecule has 0 saturated heterocycles. The van der Waals surface area contributed by atoms with Gasteiger partial charge < -0.3 is 11.1 Å². The van der Waals surface area contributed by atoms with E-state index < -0.39 is 0 Å². The van der Waals surface area contributed by atoms with Gasteiger partial charge in [0.25, 0.3) is 0 Å². The van der Waals surface area contributed by atoms with E-state index in [0.717, 1.165) is 45.1 Å². The first-order valence-electron chi connectivity index (χ1n) is 5.67. The standard InChI is InChI=1S/C12H20N2O/c1-2-3-4-5-9-14-11(15)12(10-13)7-6-8-12/h1H,3-10,13H2,(H,14,15). The Labute approximate surface area is 91.8 Å². The van der Waals surface area contributed by atoms with Crippen molar-refractivity contribution in [3.8, 4) is 12.3 Å². The minimum absolute atomic E-state index is 0.136. The van der Waals surface area contributed by atoms with Gasteiger partial charge in [0.2, 0.25) is 5.91 Å². The maximum atomic E-state index is 11.8. The van der Waals surface area contributed by atoms with Crippen LogP contribution in [-0.4, -0.2) is 19.0 Å². The van der Waals surface area contributed by atoms with Gasteiger partial charge in [0.1, 0.15) is 0 Å². The van der Waals surface area contributed by atoms with Gasteiger partial charge >= 0.3 is 0 Å². The molecule has 1 rings (SSSR count). The van der Waals surface area contributed by atoms with Crippen LogP contribution in [0.3, 0.4) is 0 Å². The molecule has 84 valence electrons. The van der Waals surface area contributed by atoms with Crippen molar-refractivity contribution in [3.63, 3.8) is 0 Å². The van der Waals surface area contributed by atoms with E-state index in [1.54, 1.807) is 0 Å². The highest BCUT2D eigenvalue weighted by Crippen LogP contribution is 2.39. The van der Waals surface area contributed by atoms with E-state index in [9.17, 15) is 4.79 Å². The second-order valence-electron chi connectivity index (χ2n) is 4.26. The lowest BCUT2D eigenvalue weighted by Gasteiger charge is -2.39. The summed E-state index contributed by atoms with van der Waals surface area (Å²) in [5.41, 5.74) is 5.39. The number of nitrogens with one attached hydrogen (secondary N) is 1. The van der Waals surface area contributed by atoms with E-state index in [4.69, 9.17) is 12.2 Å². The van der Waals surface area contributed by atoms with Gasteiger partial charge in [0, 0.05) is 19.5 Å². The summed E-state index contributed by atoms with van der Waals surface area (Å²) in [5, 5.41) is 2.95. The molecule has 1 aliphatic rings. The predicted octanol–water partition coefficient (Wildman–Crippen LogP) is 1.04. The van der Waals surface area contributed by atoms with Gasteiger partial charge in [0.15, 0.2) is 0 Å². The Balaban J connectivity index is 2.16. The number of carbonyl (C=O) groups is 1. The zero-order chi connectivity index (χ0) is 11.1. The second-order valence-corrected chi connectivity index (χ2v) is 4.26. The molecule has 0 radical (unpaired) electrons. The highest BCUT2D eigenvalue weighted by atomic mass is 16.2. The molecule has 0 aromatic heterocycles. The van der Waals surface area contributed by atoms with E-state index in [-0.39, 0.29) is 11.3 Å². The SMILES string of the molecule is C#CCCCCNC(=O)C1(CN)CCC1. The molecule has 15 heavy (non-hydrogen) atoms. The zero-order valence-electron chi connectivity index (χ0n) is 9.22. The molecule has 0 spiro atoms. The van der Waals surface area contributed by atoms with Crippen LogP contribution in [0.5, 0.6) is 0 Å². The summed E-state index contributed by atoms with van der Waals surface area (Å²) in [4.78, 5) is 11.8. The number of hydrogen-bond donors (Lipinski definition) is 2. The first kappa shape index (κ1) is 12.1. The first-order valence-corrected chi connectivity index (χ1v) is 5.67. The molecule has 1 amide bonds. The number of hydrogen-bond acceptors (Lipinski definition) is 2. The minimum Gasteiger partial charge on any atom is -0.356 e. The Hall–Kier alpha value is -1.01. The number of unbranched alkanes of at least 4 members (excludes halogenated alkanes) is 2. The normalized spacial score (nSPS) is 17.6. The molecule has 0 aliphatic heterocycles. The molecule has 0 aromatic carbocycles. The summed E-state index contributed by atoms with van der Waals surface area (Å²) in [6, 6.07) is 0. The Bertz CT molecular complexity index is 245. The van der Waals surface area contributed by atoms with E-state index in [1.165, 1.54) is 0 Å². The van der Waals surface area contributed by atoms with Crippen LogP contribution in [0.15, 0.2) is 0 Å². The summed E-state index contributed by atoms with van der Waals surface area (Å²) in [5.74, 6) is 2.72. The molecular weight excluding hydrogens is 188 g/mol. The largest absolute Gasteiger partial charge is 0.356 e. The molecule has 0 aromatic rings. The molecule has 3 N–H and O–H groups in total. The summed E-state index contributed by atoms with van der Waals surface area (Å²) in [6.07, 6.45) is 10.9. The molecule has 3 nitrogen and oxygen atoms in total. The van der Waals surface area contributed by atoms with Crippen molar-refractivity contribution in [2.45, 2.75) is 38.5 Å². The Morgan fingerprint density at radius 1 is 1.47 bits per heavy atom. The van der Waals surface area contributed by atoms with Crippen molar-refractivity contribution in [2.24, 2.45) is 11.1 Å². The predicted molar refractivity (Wildman–Crippen MR) is 61.0 cm³/mol. The highest BCUT2D eigenvalue weighted by molar-refractivity contribution is 5.83. The maximum Gasteiger partial charge on any atom is 0.227 e. The van der Waals surface area contributed by atoms with Crippen LogP contribution in [0.4, 0.5) is 0 Å². The summed E-state index contributed by atoms with van der Waals surface area (Å²) in [7, 11) is 0. The smallest absolute Gasteiger partial charge is 0.227 e. The topological polar surface area (TPSA) is 55.1 Å². The van der Waals surface area contributed by atoms with Crippen molar-refractivity contribution in [1.29, 1.82) is 0 Å². The van der Waals surface area contributed by atoms with Crippen LogP contribution >= 0.6 is 0 Å². The van der Waals surface area contributed by atoms with Crippen molar-refractivity contribution in [3.05, 3.63) is 0 Å². The number of nitrogens with two attached hydrogens (primary N) is 1. The molecule has 3 heteroatoms. The quantitative estimate of drug-likeness (QED) is 0.506. The second kappa shape index (κ2) is 5.77. The lowest BCUT2D eigenvalue weighted by molar-refractivity contribution is -0.135. The third-order valence-corrected chi connectivity index (χ3v) is 3.22. The fourth-order valence-electron chi connectivity index (χ4n) is 1.87. The van der Waals surface area contributed by atoms with E-state index in [0.29, 0.717) is 6.54 Å². The monoisotopic (exact) mass is 208 g/mol. The van der Waals surface area contributed by atoms with Gasteiger partial charge in [-0.05, 0) is 25.7 Å². The Morgan fingerprint density at radius 2 is 2.20 bits per heavy atom. The van der Waals surface area contributed by atoms with Gasteiger partial charge in [-0.3, -0.25) is 4.79 Å². The van der Waals surface area contributed by atoms with Crippen LogP contribution in [0.2, 0.25) is 0 Å². The van der Waals surface area contributed by atoms with E-state index in [1.807, 2.05) is 0 Å². The van der Waals surface area contributed by atoms with Gasteiger partial charge in [-0.2, -0.15) is 0 Å². The molecular formula is C12H20N2O. The van der Waals surface area contributed by atoms with Gasteiger partial charge in [0.05, 0.1) is 5.41 Å². The highest BCUT2D eigenvalue weighted by Gasteiger charge is 2.42. The van der Waals surface area contributed by atoms with Gasteiger partial charge in [-0.15, -0.1) is 12.3 Å². The molecule has 1 fully saturated rings. The fraction of sp³-hybridized carbons (Fsp3) is 0.750. The molecule has 1 saturated carbocycles. The van der Waals surface area contributed by atoms with Crippen molar-refractivity contribution < 1.29 is 4.79 Å². The summed E-state index contributed by atoms with van der Waals surface area (Å²) >= 11 is 0. The lowest BCUT2D eigenvalue weighted by Crippen LogP contribution is -2.50. The third-order valence-electron chi connectivity index (χ3n) is 3.22. The molecule has 0 unspecified atom stereocenters. The average Bonchev–Trinajstić information content (AvgIpc) is 2.17. The minimum atomic E-state index is -0.244. The number of rotatable bonds is 6. The maximum absolute atomic E-state index is 11.8. The van der Waals surface area contributed by atoms with Crippen LogP contribution in [0, 0.1) is 17.8 Å². The first-order chi connectivity index (χ1) is 7.25. The van der Waals surface area contributed by atoms with Gasteiger partial charge in [-0.25, -0.2) is 0 Å². The summed E-state index contributed by atoms with van der Waals surface area (Å²) < 4.78 is 0. The van der Waals surface area contributed by atoms with Crippen LogP contribution in [-0.2, 0) is 4.79 Å². The molecule has 1 aliphatic carbocycles. The van der Waals surface area contributed by atoms with Crippen LogP contribution in [0.25, 0.3) is 0 Å². The Morgan fingerprint density at radius 3 is 2.67 bits per heavy atom. The van der Waals surface area contributed by atoms with Crippen molar-refractivity contribution in [2.75, 3.05) is 13.1 Å². The summed E-state index contributed by atoms with van der Waals surface area (Å²) in [6.45, 7) is 1.20. The van der Waals surface area contributed by atoms with E-state index >= 15 is 0 Å². The lowest BCUT2D eigenvalue weighted by atomic mass is 9.68. The van der Waals surface area contributed by atoms with Gasteiger partial charge in [-0.1, -0.05) is 6.42 Å².